The molecule has 1 atom stereocenters. The van der Waals surface area contributed by atoms with Crippen molar-refractivity contribution in [2.45, 2.75) is 20.0 Å². The summed E-state index contributed by atoms with van der Waals surface area (Å²) in [6.45, 7) is 4.06. The topological polar surface area (TPSA) is 106 Å². The van der Waals surface area contributed by atoms with Crippen molar-refractivity contribution in [3.05, 3.63) is 35.1 Å². The Hall–Kier alpha value is -2.78. The largest absolute Gasteiger partial charge is 0.477 e. The number of fused-ring (bicyclic) bond motifs is 1. The third kappa shape index (κ3) is 3.58. The molecule has 0 aliphatic heterocycles. The second kappa shape index (κ2) is 7.63. The summed E-state index contributed by atoms with van der Waals surface area (Å²) in [4.78, 5) is 25.0. The van der Waals surface area contributed by atoms with Crippen LogP contribution in [-0.4, -0.2) is 45.8 Å². The van der Waals surface area contributed by atoms with Gasteiger partial charge in [0.1, 0.15) is 33.6 Å². The van der Waals surface area contributed by atoms with Gasteiger partial charge in [0, 0.05) is 13.3 Å². The van der Waals surface area contributed by atoms with E-state index in [4.69, 9.17) is 9.47 Å². The van der Waals surface area contributed by atoms with Crippen LogP contribution < -0.4 is 10.1 Å². The molecule has 3 rings (SSSR count). The number of hydrogen-bond acceptors (Lipinski definition) is 8. The number of thiophene rings is 1. The quantitative estimate of drug-likeness (QED) is 0.649. The summed E-state index contributed by atoms with van der Waals surface area (Å²) in [6, 6.07) is 3.59. The maximum atomic E-state index is 11.4. The Kier molecular flexibility index (Phi) is 5.29. The van der Waals surface area contributed by atoms with E-state index in [1.807, 2.05) is 13.0 Å². The lowest BCUT2D eigenvalue weighted by atomic mass is 10.2. The van der Waals surface area contributed by atoms with Gasteiger partial charge in [-0.15, -0.1) is 11.3 Å². The van der Waals surface area contributed by atoms with Gasteiger partial charge in [-0.3, -0.25) is 0 Å². The first-order valence-corrected chi connectivity index (χ1v) is 8.68. The molecular weight excluding hydrogens is 356 g/mol. The van der Waals surface area contributed by atoms with Gasteiger partial charge in [0.15, 0.2) is 0 Å². The predicted octanol–water partition coefficient (Wildman–Crippen LogP) is 3.25. The Balaban J connectivity index is 1.98. The van der Waals surface area contributed by atoms with Crippen LogP contribution in [0.3, 0.4) is 0 Å². The van der Waals surface area contributed by atoms with Crippen LogP contribution in [-0.2, 0) is 4.74 Å². The molecule has 136 valence electrons. The van der Waals surface area contributed by atoms with Crippen LogP contribution >= 0.6 is 11.3 Å². The van der Waals surface area contributed by atoms with Crippen molar-refractivity contribution in [3.8, 4) is 5.88 Å². The highest BCUT2D eigenvalue weighted by Crippen LogP contribution is 2.35. The Morgan fingerprint density at radius 3 is 2.92 bits per heavy atom. The minimum absolute atomic E-state index is 0.178. The first-order valence-electron chi connectivity index (χ1n) is 7.86. The lowest BCUT2D eigenvalue weighted by Crippen LogP contribution is -2.19. The average molecular weight is 374 g/mol. The number of pyridine rings is 1. The molecule has 3 aromatic heterocycles. The van der Waals surface area contributed by atoms with E-state index in [1.54, 1.807) is 26.3 Å². The maximum absolute atomic E-state index is 11.4. The van der Waals surface area contributed by atoms with Crippen LogP contribution in [0.2, 0.25) is 0 Å². The molecule has 2 N–H and O–H groups in total. The molecule has 9 heteroatoms. The molecule has 3 heterocycles. The monoisotopic (exact) mass is 374 g/mol. The van der Waals surface area contributed by atoms with E-state index in [1.165, 1.54) is 6.33 Å². The molecule has 0 spiro atoms. The molecule has 8 nitrogen and oxygen atoms in total. The molecule has 0 amide bonds. The van der Waals surface area contributed by atoms with E-state index in [0.29, 0.717) is 39.8 Å². The van der Waals surface area contributed by atoms with E-state index in [9.17, 15) is 9.90 Å². The van der Waals surface area contributed by atoms with E-state index < -0.39 is 5.97 Å². The summed E-state index contributed by atoms with van der Waals surface area (Å²) >= 11 is 1.12. The minimum atomic E-state index is -0.977. The number of nitrogens with one attached hydrogen (secondary N) is 1. The molecule has 0 bridgehead atoms. The van der Waals surface area contributed by atoms with Gasteiger partial charge in [-0.05, 0) is 31.5 Å². The smallest absolute Gasteiger partial charge is 0.346 e. The van der Waals surface area contributed by atoms with E-state index >= 15 is 0 Å². The summed E-state index contributed by atoms with van der Waals surface area (Å²) in [6.07, 6.45) is 2.85. The van der Waals surface area contributed by atoms with E-state index in [-0.39, 0.29) is 11.0 Å². The van der Waals surface area contributed by atoms with Gasteiger partial charge in [-0.25, -0.2) is 19.7 Å². The van der Waals surface area contributed by atoms with Gasteiger partial charge in [0.25, 0.3) is 0 Å². The van der Waals surface area contributed by atoms with Gasteiger partial charge in [-0.1, -0.05) is 0 Å². The van der Waals surface area contributed by atoms with Gasteiger partial charge < -0.3 is 19.9 Å². The maximum Gasteiger partial charge on any atom is 0.346 e. The number of ether oxygens (including phenoxy) is 2. The minimum Gasteiger partial charge on any atom is -0.477 e. The van der Waals surface area contributed by atoms with E-state index in [2.05, 4.69) is 20.3 Å². The zero-order chi connectivity index (χ0) is 18.7. The number of carboxylic acids is 1. The third-order valence-electron chi connectivity index (χ3n) is 3.66. The zero-order valence-electron chi connectivity index (χ0n) is 14.5. The number of rotatable bonds is 7. The number of carboxylic acid groups (broad SMARTS) is 1. The first kappa shape index (κ1) is 18.0. The zero-order valence-corrected chi connectivity index (χ0v) is 15.3. The Morgan fingerprint density at radius 1 is 1.38 bits per heavy atom. The van der Waals surface area contributed by atoms with Crippen LogP contribution in [0.5, 0.6) is 5.88 Å². The number of nitrogens with zero attached hydrogens (tertiary/aromatic N) is 3. The summed E-state index contributed by atoms with van der Waals surface area (Å²) in [5, 5.41) is 13.2. The van der Waals surface area contributed by atoms with Crippen molar-refractivity contribution >= 4 is 39.0 Å². The molecule has 0 saturated heterocycles. The summed E-state index contributed by atoms with van der Waals surface area (Å²) < 4.78 is 10.9. The average Bonchev–Trinajstić information content (AvgIpc) is 2.95. The van der Waals surface area contributed by atoms with E-state index in [0.717, 1.165) is 11.3 Å². The van der Waals surface area contributed by atoms with Crippen molar-refractivity contribution in [3.63, 3.8) is 0 Å². The molecule has 0 fully saturated rings. The molecule has 0 saturated carbocycles. The highest BCUT2D eigenvalue weighted by molar-refractivity contribution is 7.20. The highest BCUT2D eigenvalue weighted by atomic mass is 32.1. The summed E-state index contributed by atoms with van der Waals surface area (Å²) in [5.74, 6) is -0.0566. The van der Waals surface area contributed by atoms with Crippen LogP contribution in [0.1, 0.15) is 22.2 Å². The number of aryl methyl sites for hydroxylation is 1. The van der Waals surface area contributed by atoms with Crippen LogP contribution in [0.4, 0.5) is 11.5 Å². The number of hydrogen-bond donors (Lipinski definition) is 2. The molecule has 26 heavy (non-hydrogen) atoms. The molecule has 0 radical (unpaired) electrons. The number of methoxy groups -OCH3 is 1. The Labute approximate surface area is 153 Å². The number of aromatic nitrogens is 3. The summed E-state index contributed by atoms with van der Waals surface area (Å²) in [5.41, 5.74) is 1.25. The lowest BCUT2D eigenvalue weighted by molar-refractivity contribution is 0.0701. The molecule has 0 aliphatic carbocycles. The number of aromatic carboxylic acids is 1. The van der Waals surface area contributed by atoms with Crippen LogP contribution in [0, 0.1) is 6.92 Å². The number of carbonyl (C=O) groups is 1. The van der Waals surface area contributed by atoms with Gasteiger partial charge in [0.05, 0.1) is 12.0 Å². The SMILES string of the molecule is COCC(C)Oc1ncccc1Nc1ncnc2sc(C(=O)O)c(C)c12. The second-order valence-corrected chi connectivity index (χ2v) is 6.63. The molecular formula is C17H18N4O4S. The lowest BCUT2D eigenvalue weighted by Gasteiger charge is -2.16. The first-order chi connectivity index (χ1) is 12.5. The van der Waals surface area contributed by atoms with Crippen molar-refractivity contribution in [2.75, 3.05) is 19.0 Å². The Morgan fingerprint density at radius 2 is 2.19 bits per heavy atom. The fourth-order valence-corrected chi connectivity index (χ4v) is 3.52. The highest BCUT2D eigenvalue weighted by Gasteiger charge is 2.19. The Bertz CT molecular complexity index is 944. The fourth-order valence-electron chi connectivity index (χ4n) is 2.54. The fraction of sp³-hybridized carbons (Fsp3) is 0.294. The number of anilines is 2. The molecule has 0 aliphatic rings. The normalized spacial score (nSPS) is 12.1. The van der Waals surface area contributed by atoms with Crippen molar-refractivity contribution in [2.24, 2.45) is 0 Å². The van der Waals surface area contributed by atoms with Gasteiger partial charge >= 0.3 is 5.97 Å². The second-order valence-electron chi connectivity index (χ2n) is 5.63. The predicted molar refractivity (Wildman–Crippen MR) is 98.6 cm³/mol. The van der Waals surface area contributed by atoms with Crippen molar-refractivity contribution in [1.82, 2.24) is 15.0 Å². The molecule has 0 aromatic carbocycles. The van der Waals surface area contributed by atoms with Crippen LogP contribution in [0.15, 0.2) is 24.7 Å². The standard InChI is InChI=1S/C17H18N4O4S/c1-9(7-24-3)25-15-11(5-4-6-18-15)21-14-12-10(2)13(17(22)23)26-16(12)20-8-19-14/h4-6,8-9H,7H2,1-3H3,(H,22,23)(H,19,20,21). The van der Waals surface area contributed by atoms with Crippen molar-refractivity contribution < 1.29 is 19.4 Å². The van der Waals surface area contributed by atoms with Gasteiger partial charge in [0.2, 0.25) is 5.88 Å². The van der Waals surface area contributed by atoms with Crippen molar-refractivity contribution in [1.29, 1.82) is 0 Å². The summed E-state index contributed by atoms with van der Waals surface area (Å²) in [7, 11) is 1.61. The molecule has 3 aromatic rings. The molecule has 1 unspecified atom stereocenters. The van der Waals surface area contributed by atoms with Crippen LogP contribution in [0.25, 0.3) is 10.2 Å². The third-order valence-corrected chi connectivity index (χ3v) is 4.85. The van der Waals surface area contributed by atoms with Gasteiger partial charge in [-0.2, -0.15) is 0 Å².